The van der Waals surface area contributed by atoms with Crippen molar-refractivity contribution in [3.8, 4) is 0 Å². The number of hydrogen-bond acceptors (Lipinski definition) is 6. The van der Waals surface area contributed by atoms with E-state index >= 15 is 0 Å². The summed E-state index contributed by atoms with van der Waals surface area (Å²) < 4.78 is 10.4. The van der Waals surface area contributed by atoms with E-state index in [1.165, 1.54) is 26.0 Å². The molecule has 0 aliphatic rings. The highest BCUT2D eigenvalue weighted by Gasteiger charge is 2.07. The molecule has 0 rings (SSSR count). The highest BCUT2D eigenvalue weighted by atomic mass is 16.5. The molecule has 2 unspecified atom stereocenters. The molecule has 0 amide bonds. The zero-order chi connectivity index (χ0) is 18.5. The van der Waals surface area contributed by atoms with Gasteiger partial charge in [-0.05, 0) is 26.7 Å². The molecule has 0 bridgehead atoms. The van der Waals surface area contributed by atoms with Crippen molar-refractivity contribution in [2.45, 2.75) is 38.9 Å². The van der Waals surface area contributed by atoms with Crippen molar-refractivity contribution in [1.29, 1.82) is 0 Å². The van der Waals surface area contributed by atoms with Crippen molar-refractivity contribution in [3.63, 3.8) is 0 Å². The lowest BCUT2D eigenvalue weighted by molar-refractivity contribution is -0.133. The normalized spacial score (nSPS) is 15.2. The molecular formula is C16H26O8. The Labute approximate surface area is 141 Å². The number of aliphatic carboxylic acids is 2. The van der Waals surface area contributed by atoms with Gasteiger partial charge in [-0.3, -0.25) is 0 Å². The van der Waals surface area contributed by atoms with Gasteiger partial charge < -0.3 is 29.9 Å². The lowest BCUT2D eigenvalue weighted by Gasteiger charge is -2.11. The maximum absolute atomic E-state index is 10.6. The number of carbonyl (C=O) groups is 2. The minimum absolute atomic E-state index is 0.0514. The van der Waals surface area contributed by atoms with E-state index in [9.17, 15) is 19.8 Å². The second-order valence-electron chi connectivity index (χ2n) is 5.31. The van der Waals surface area contributed by atoms with Crippen molar-refractivity contribution < 1.29 is 39.5 Å². The molecule has 2 atom stereocenters. The van der Waals surface area contributed by atoms with Crippen LogP contribution in [0.15, 0.2) is 23.3 Å². The lowest BCUT2D eigenvalue weighted by atomic mass is 10.2. The van der Waals surface area contributed by atoms with Gasteiger partial charge in [0.15, 0.2) is 0 Å². The van der Waals surface area contributed by atoms with E-state index in [4.69, 9.17) is 19.7 Å². The number of carboxylic acid groups (broad SMARTS) is 2. The molecule has 24 heavy (non-hydrogen) atoms. The van der Waals surface area contributed by atoms with Crippen molar-refractivity contribution in [2.24, 2.45) is 0 Å². The van der Waals surface area contributed by atoms with Gasteiger partial charge in [-0.15, -0.1) is 0 Å². The van der Waals surface area contributed by atoms with Gasteiger partial charge >= 0.3 is 11.9 Å². The molecular weight excluding hydrogens is 320 g/mol. The minimum Gasteiger partial charge on any atom is -0.478 e. The third-order valence-corrected chi connectivity index (χ3v) is 3.06. The molecule has 0 saturated carbocycles. The first kappa shape index (κ1) is 22.3. The number of aliphatic hydroxyl groups excluding tert-OH is 2. The van der Waals surface area contributed by atoms with Gasteiger partial charge in [0, 0.05) is 11.1 Å². The summed E-state index contributed by atoms with van der Waals surface area (Å²) in [6.07, 6.45) is 1.63. The number of aliphatic hydroxyl groups is 2. The summed E-state index contributed by atoms with van der Waals surface area (Å²) in [6, 6.07) is 0. The highest BCUT2D eigenvalue weighted by Crippen LogP contribution is 2.02. The molecule has 0 aliphatic carbocycles. The maximum atomic E-state index is 10.6. The van der Waals surface area contributed by atoms with Crippen molar-refractivity contribution in [1.82, 2.24) is 0 Å². The molecule has 0 radical (unpaired) electrons. The molecule has 138 valence electrons. The topological polar surface area (TPSA) is 134 Å². The van der Waals surface area contributed by atoms with Crippen LogP contribution in [0.4, 0.5) is 0 Å². The Balaban J connectivity index is 3.70. The Morgan fingerprint density at radius 1 is 0.833 bits per heavy atom. The molecule has 8 heteroatoms. The largest absolute Gasteiger partial charge is 0.478 e. The van der Waals surface area contributed by atoms with Crippen molar-refractivity contribution >= 4 is 11.9 Å². The zero-order valence-electron chi connectivity index (χ0n) is 14.0. The summed E-state index contributed by atoms with van der Waals surface area (Å²) in [5.74, 6) is -2.05. The van der Waals surface area contributed by atoms with E-state index < -0.39 is 24.1 Å². The van der Waals surface area contributed by atoms with Crippen molar-refractivity contribution in [3.05, 3.63) is 23.3 Å². The Bertz CT molecular complexity index is 413. The van der Waals surface area contributed by atoms with Gasteiger partial charge in [0.05, 0.1) is 38.6 Å². The average Bonchev–Trinajstić information content (AvgIpc) is 2.52. The SMILES string of the molecule is CC(=CCC(O)COCCOCC(O)CC=C(C)C(=O)O)C(=O)O. The van der Waals surface area contributed by atoms with Crippen LogP contribution in [0.3, 0.4) is 0 Å². The first-order valence-electron chi connectivity index (χ1n) is 7.55. The van der Waals surface area contributed by atoms with Crippen LogP contribution in [0.25, 0.3) is 0 Å². The number of hydrogen-bond donors (Lipinski definition) is 4. The summed E-state index contributed by atoms with van der Waals surface area (Å²) in [5.41, 5.74) is 0.331. The second-order valence-corrected chi connectivity index (χ2v) is 5.31. The number of rotatable bonds is 13. The number of ether oxygens (including phenoxy) is 2. The van der Waals surface area contributed by atoms with E-state index in [2.05, 4.69) is 0 Å². The van der Waals surface area contributed by atoms with Crippen LogP contribution in [0.2, 0.25) is 0 Å². The first-order chi connectivity index (χ1) is 11.2. The third-order valence-electron chi connectivity index (χ3n) is 3.06. The molecule has 0 fully saturated rings. The minimum atomic E-state index is -1.02. The van der Waals surface area contributed by atoms with Crippen LogP contribution >= 0.6 is 0 Å². The molecule has 0 spiro atoms. The van der Waals surface area contributed by atoms with E-state index in [1.54, 1.807) is 0 Å². The standard InChI is InChI=1S/C16H26O8/c1-11(15(19)20)3-5-13(17)9-23-7-8-24-10-14(18)6-4-12(2)16(21)22/h3-4,13-14,17-18H,5-10H2,1-2H3,(H,19,20)(H,21,22). The van der Waals surface area contributed by atoms with Crippen LogP contribution in [0, 0.1) is 0 Å². The van der Waals surface area contributed by atoms with Gasteiger partial charge in [0.1, 0.15) is 0 Å². The molecule has 8 nitrogen and oxygen atoms in total. The van der Waals surface area contributed by atoms with Crippen LogP contribution in [-0.4, -0.2) is 71.0 Å². The van der Waals surface area contributed by atoms with Crippen LogP contribution in [0.1, 0.15) is 26.7 Å². The van der Waals surface area contributed by atoms with E-state index in [-0.39, 0.29) is 50.4 Å². The quantitative estimate of drug-likeness (QED) is 0.281. The predicted octanol–water partition coefficient (Wildman–Crippen LogP) is 0.583. The smallest absolute Gasteiger partial charge is 0.330 e. The highest BCUT2D eigenvalue weighted by molar-refractivity contribution is 5.86. The van der Waals surface area contributed by atoms with Gasteiger partial charge in [0.2, 0.25) is 0 Å². The first-order valence-corrected chi connectivity index (χ1v) is 7.55. The molecule has 0 heterocycles. The molecule has 4 N–H and O–H groups in total. The van der Waals surface area contributed by atoms with E-state index in [0.29, 0.717) is 0 Å². The Kier molecular flexibility index (Phi) is 11.7. The van der Waals surface area contributed by atoms with Gasteiger partial charge in [0.25, 0.3) is 0 Å². The Morgan fingerprint density at radius 3 is 1.46 bits per heavy atom. The lowest BCUT2D eigenvalue weighted by Crippen LogP contribution is -2.19. The van der Waals surface area contributed by atoms with Crippen LogP contribution in [-0.2, 0) is 19.1 Å². The molecule has 0 aromatic carbocycles. The summed E-state index contributed by atoms with van der Waals surface area (Å²) in [4.78, 5) is 21.1. The molecule has 0 saturated heterocycles. The molecule has 0 aromatic heterocycles. The molecule has 0 aromatic rings. The summed E-state index contributed by atoms with van der Waals surface area (Å²) in [5, 5.41) is 36.5. The van der Waals surface area contributed by atoms with Gasteiger partial charge in [-0.2, -0.15) is 0 Å². The fourth-order valence-electron chi connectivity index (χ4n) is 1.49. The van der Waals surface area contributed by atoms with Crippen LogP contribution in [0.5, 0.6) is 0 Å². The second kappa shape index (κ2) is 12.7. The molecule has 0 aliphatic heterocycles. The van der Waals surface area contributed by atoms with E-state index in [0.717, 1.165) is 0 Å². The predicted molar refractivity (Wildman–Crippen MR) is 85.7 cm³/mol. The van der Waals surface area contributed by atoms with Gasteiger partial charge in [-0.1, -0.05) is 12.2 Å². The van der Waals surface area contributed by atoms with Crippen LogP contribution < -0.4 is 0 Å². The van der Waals surface area contributed by atoms with E-state index in [1.807, 2.05) is 0 Å². The Hall–Kier alpha value is -1.74. The summed E-state index contributed by atoms with van der Waals surface area (Å²) >= 11 is 0. The monoisotopic (exact) mass is 346 g/mol. The summed E-state index contributed by atoms with van der Waals surface area (Å²) in [7, 11) is 0. The van der Waals surface area contributed by atoms with Crippen molar-refractivity contribution in [2.75, 3.05) is 26.4 Å². The number of carboxylic acids is 2. The Morgan fingerprint density at radius 2 is 1.17 bits per heavy atom. The zero-order valence-corrected chi connectivity index (χ0v) is 14.0. The third kappa shape index (κ3) is 11.8. The van der Waals surface area contributed by atoms with Gasteiger partial charge in [-0.25, -0.2) is 9.59 Å². The fraction of sp³-hybridized carbons (Fsp3) is 0.625. The average molecular weight is 346 g/mol. The summed E-state index contributed by atoms with van der Waals surface area (Å²) in [6.45, 7) is 3.43. The maximum Gasteiger partial charge on any atom is 0.330 e. The fourth-order valence-corrected chi connectivity index (χ4v) is 1.49.